The first-order valence-electron chi connectivity index (χ1n) is 6.75. The fourth-order valence-electron chi connectivity index (χ4n) is 3.65. The zero-order chi connectivity index (χ0) is 13.5. The zero-order valence-corrected chi connectivity index (χ0v) is 15.8. The first-order chi connectivity index (χ1) is 8.37. The minimum atomic E-state index is 0.297. The molecule has 3 unspecified atom stereocenters. The quantitative estimate of drug-likeness (QED) is 0.324. The largest absolute Gasteiger partial charge is 0.0952 e. The predicted octanol–water partition coefficient (Wildman–Crippen LogP) is 6.07. The molecule has 0 saturated heterocycles. The van der Waals surface area contributed by atoms with Crippen LogP contribution in [0.25, 0.3) is 0 Å². The average Bonchev–Trinajstić information content (AvgIpc) is 2.50. The molecule has 0 bridgehead atoms. The predicted molar refractivity (Wildman–Crippen MR) is 97.4 cm³/mol. The number of allylic oxidation sites excluding steroid dienone is 5. The van der Waals surface area contributed by atoms with E-state index in [0.717, 1.165) is 15.8 Å². The van der Waals surface area contributed by atoms with E-state index in [2.05, 4.69) is 84.7 Å². The first kappa shape index (κ1) is 15.1. The molecular weight excluding hydrogens is 446 g/mol. The van der Waals surface area contributed by atoms with E-state index < -0.39 is 0 Å². The Labute approximate surface area is 139 Å². The van der Waals surface area contributed by atoms with E-state index in [1.165, 1.54) is 34.0 Å². The van der Waals surface area contributed by atoms with Gasteiger partial charge >= 0.3 is 0 Å². The normalized spacial score (nSPS) is 38.1. The van der Waals surface area contributed by atoms with Crippen LogP contribution < -0.4 is 0 Å². The molecule has 0 aromatic heterocycles. The molecule has 0 heterocycles. The van der Waals surface area contributed by atoms with E-state index in [-0.39, 0.29) is 0 Å². The van der Waals surface area contributed by atoms with Crippen LogP contribution in [-0.4, -0.2) is 3.92 Å². The number of rotatable bonds is 1. The van der Waals surface area contributed by atoms with Crippen molar-refractivity contribution in [2.45, 2.75) is 44.0 Å². The lowest BCUT2D eigenvalue weighted by atomic mass is 9.70. The number of halogens is 2. The van der Waals surface area contributed by atoms with Crippen LogP contribution in [0.3, 0.4) is 0 Å². The van der Waals surface area contributed by atoms with Crippen LogP contribution in [0.4, 0.5) is 0 Å². The standard InChI is InChI=1S/C16H22I2/c1-5-11(17)8-14-10(2)13-7-6-12(18)9-15(13)16(14,3)4/h5,8,12-13,15H,2,6-7,9H2,1,3-4H3/b11-5+,14-8+. The van der Waals surface area contributed by atoms with Crippen molar-refractivity contribution in [3.63, 3.8) is 0 Å². The molecule has 0 aromatic rings. The average molecular weight is 468 g/mol. The molecule has 3 atom stereocenters. The van der Waals surface area contributed by atoms with Crippen LogP contribution in [0.2, 0.25) is 0 Å². The van der Waals surface area contributed by atoms with Crippen molar-refractivity contribution in [3.05, 3.63) is 33.5 Å². The van der Waals surface area contributed by atoms with Crippen molar-refractivity contribution < 1.29 is 0 Å². The van der Waals surface area contributed by atoms with Gasteiger partial charge in [0, 0.05) is 7.50 Å². The number of hydrogen-bond acceptors (Lipinski definition) is 0. The van der Waals surface area contributed by atoms with Gasteiger partial charge in [-0.2, -0.15) is 0 Å². The summed E-state index contributed by atoms with van der Waals surface area (Å²) in [6.07, 6.45) is 8.61. The Kier molecular flexibility index (Phi) is 4.68. The van der Waals surface area contributed by atoms with Crippen LogP contribution in [0.1, 0.15) is 40.0 Å². The van der Waals surface area contributed by atoms with Gasteiger partial charge in [0.1, 0.15) is 0 Å². The van der Waals surface area contributed by atoms with Gasteiger partial charge in [-0.3, -0.25) is 0 Å². The van der Waals surface area contributed by atoms with Crippen LogP contribution in [0.5, 0.6) is 0 Å². The Morgan fingerprint density at radius 1 is 1.39 bits per heavy atom. The van der Waals surface area contributed by atoms with Crippen LogP contribution in [-0.2, 0) is 0 Å². The van der Waals surface area contributed by atoms with E-state index in [9.17, 15) is 0 Å². The highest BCUT2D eigenvalue weighted by molar-refractivity contribution is 14.1. The van der Waals surface area contributed by atoms with Gasteiger partial charge in [0.2, 0.25) is 0 Å². The fraction of sp³-hybridized carbons (Fsp3) is 0.625. The molecule has 0 aliphatic heterocycles. The maximum absolute atomic E-state index is 4.43. The zero-order valence-electron chi connectivity index (χ0n) is 11.5. The fourth-order valence-corrected chi connectivity index (χ4v) is 4.87. The highest BCUT2D eigenvalue weighted by atomic mass is 127. The molecule has 2 aliphatic carbocycles. The molecule has 0 amide bonds. The van der Waals surface area contributed by atoms with Crippen molar-refractivity contribution in [2.75, 3.05) is 0 Å². The Bertz CT molecular complexity index is 415. The Balaban J connectivity index is 2.39. The molecule has 0 spiro atoms. The molecular formula is C16H22I2. The third-order valence-electron chi connectivity index (χ3n) is 4.76. The van der Waals surface area contributed by atoms with Crippen LogP contribution >= 0.6 is 45.2 Å². The van der Waals surface area contributed by atoms with Gasteiger partial charge in [-0.05, 0) is 83.3 Å². The lowest BCUT2D eigenvalue weighted by Gasteiger charge is -2.36. The minimum Gasteiger partial charge on any atom is -0.0952 e. The molecule has 2 saturated carbocycles. The van der Waals surface area contributed by atoms with Crippen molar-refractivity contribution >= 4 is 45.2 Å². The lowest BCUT2D eigenvalue weighted by molar-refractivity contribution is 0.195. The summed E-state index contributed by atoms with van der Waals surface area (Å²) in [5, 5.41) is 0. The summed E-state index contributed by atoms with van der Waals surface area (Å²) in [7, 11) is 0. The smallest absolute Gasteiger partial charge is 0.0113 e. The number of hydrogen-bond donors (Lipinski definition) is 0. The van der Waals surface area contributed by atoms with Crippen molar-refractivity contribution in [2.24, 2.45) is 17.3 Å². The highest BCUT2D eigenvalue weighted by Gasteiger charge is 2.49. The molecule has 0 radical (unpaired) electrons. The topological polar surface area (TPSA) is 0 Å². The summed E-state index contributed by atoms with van der Waals surface area (Å²) in [6.45, 7) is 11.4. The summed E-state index contributed by atoms with van der Waals surface area (Å²) in [4.78, 5) is 0. The van der Waals surface area contributed by atoms with E-state index in [0.29, 0.717) is 5.41 Å². The molecule has 2 heteroatoms. The monoisotopic (exact) mass is 468 g/mol. The van der Waals surface area contributed by atoms with Crippen molar-refractivity contribution in [1.82, 2.24) is 0 Å². The molecule has 2 aliphatic rings. The summed E-state index contributed by atoms with van der Waals surface area (Å²) in [5.41, 5.74) is 3.22. The molecule has 0 aromatic carbocycles. The number of fused-ring (bicyclic) bond motifs is 1. The summed E-state index contributed by atoms with van der Waals surface area (Å²) in [6, 6.07) is 0. The van der Waals surface area contributed by atoms with E-state index in [1.54, 1.807) is 0 Å². The molecule has 2 fully saturated rings. The van der Waals surface area contributed by atoms with Gasteiger partial charge in [0.05, 0.1) is 0 Å². The number of alkyl halides is 1. The van der Waals surface area contributed by atoms with Gasteiger partial charge in [-0.15, -0.1) is 0 Å². The van der Waals surface area contributed by atoms with E-state index >= 15 is 0 Å². The molecule has 100 valence electrons. The molecule has 2 rings (SSSR count). The van der Waals surface area contributed by atoms with Gasteiger partial charge in [0.25, 0.3) is 0 Å². The van der Waals surface area contributed by atoms with Crippen molar-refractivity contribution in [1.29, 1.82) is 0 Å². The van der Waals surface area contributed by atoms with Gasteiger partial charge in [-0.1, -0.05) is 49.1 Å². The second kappa shape index (κ2) is 5.58. The van der Waals surface area contributed by atoms with E-state index in [1.807, 2.05) is 0 Å². The third-order valence-corrected chi connectivity index (χ3v) is 6.82. The minimum absolute atomic E-state index is 0.297. The van der Waals surface area contributed by atoms with Crippen molar-refractivity contribution in [3.8, 4) is 0 Å². The summed E-state index contributed by atoms with van der Waals surface area (Å²) < 4.78 is 2.19. The van der Waals surface area contributed by atoms with Crippen LogP contribution in [0, 0.1) is 17.3 Å². The SMILES string of the molecule is C=C1/C(=C\C(I)=C/C)C(C)(C)C2CC(I)CCC12. The maximum Gasteiger partial charge on any atom is 0.0113 e. The Morgan fingerprint density at radius 2 is 2.06 bits per heavy atom. The van der Waals surface area contributed by atoms with Gasteiger partial charge in [0.15, 0.2) is 0 Å². The molecule has 0 N–H and O–H groups in total. The van der Waals surface area contributed by atoms with Gasteiger partial charge in [-0.25, -0.2) is 0 Å². The molecule has 18 heavy (non-hydrogen) atoms. The summed E-state index contributed by atoms with van der Waals surface area (Å²) >= 11 is 5.06. The second-order valence-corrected chi connectivity index (χ2v) is 9.11. The van der Waals surface area contributed by atoms with Gasteiger partial charge < -0.3 is 0 Å². The van der Waals surface area contributed by atoms with E-state index in [4.69, 9.17) is 0 Å². The molecule has 0 nitrogen and oxygen atoms in total. The Hall–Kier alpha value is 0.680. The van der Waals surface area contributed by atoms with Crippen LogP contribution in [0.15, 0.2) is 33.5 Å². The summed E-state index contributed by atoms with van der Waals surface area (Å²) in [5.74, 6) is 1.53. The lowest BCUT2D eigenvalue weighted by Crippen LogP contribution is -2.29. The third kappa shape index (κ3) is 2.60. The maximum atomic E-state index is 4.43. The second-order valence-electron chi connectivity index (χ2n) is 6.10. The highest BCUT2D eigenvalue weighted by Crippen LogP contribution is 2.59. The Morgan fingerprint density at radius 3 is 2.67 bits per heavy atom. The first-order valence-corrected chi connectivity index (χ1v) is 9.07.